The van der Waals surface area contributed by atoms with E-state index in [1.165, 1.54) is 16.8 Å². The molecule has 104 valence electrons. The maximum absolute atomic E-state index is 10.5. The first-order valence-electron chi connectivity index (χ1n) is 7.23. The third kappa shape index (κ3) is 1.65. The summed E-state index contributed by atoms with van der Waals surface area (Å²) in [6.07, 6.45) is 4.58. The van der Waals surface area contributed by atoms with E-state index < -0.39 is 0 Å². The minimum Gasteiger partial charge on any atom is -0.391 e. The zero-order valence-corrected chi connectivity index (χ0v) is 11.6. The van der Waals surface area contributed by atoms with E-state index in [4.69, 9.17) is 0 Å². The highest BCUT2D eigenvalue weighted by Gasteiger charge is 2.39. The Balaban J connectivity index is 1.79. The van der Waals surface area contributed by atoms with E-state index in [0.29, 0.717) is 0 Å². The molecule has 0 amide bonds. The first-order chi connectivity index (χ1) is 9.75. The molecule has 0 saturated carbocycles. The molecule has 1 unspecified atom stereocenters. The Kier molecular flexibility index (Phi) is 2.69. The summed E-state index contributed by atoms with van der Waals surface area (Å²) in [5.41, 5.74) is 3.77. The van der Waals surface area contributed by atoms with Crippen LogP contribution >= 0.6 is 0 Å². The summed E-state index contributed by atoms with van der Waals surface area (Å²) in [5.74, 6) is 0.266. The topological polar surface area (TPSA) is 41.3 Å². The van der Waals surface area contributed by atoms with Gasteiger partial charge in [0.15, 0.2) is 0 Å². The Bertz CT molecular complexity index is 636. The number of piperidine rings is 1. The molecule has 4 heteroatoms. The van der Waals surface area contributed by atoms with Crippen molar-refractivity contribution in [2.45, 2.75) is 18.6 Å². The van der Waals surface area contributed by atoms with Gasteiger partial charge in [-0.1, -0.05) is 24.3 Å². The zero-order valence-electron chi connectivity index (χ0n) is 11.6. The number of aliphatic hydroxyl groups is 1. The van der Waals surface area contributed by atoms with Crippen molar-refractivity contribution in [1.29, 1.82) is 0 Å². The van der Waals surface area contributed by atoms with Crippen LogP contribution in [0.1, 0.15) is 18.0 Å². The SMILES string of the molecule is CN1CC[C@@H](C2c3ccccc3-c3cncn32)[C@H](O)C1. The molecule has 3 atom stereocenters. The van der Waals surface area contributed by atoms with E-state index in [1.54, 1.807) is 0 Å². The Morgan fingerprint density at radius 2 is 2.15 bits per heavy atom. The largest absolute Gasteiger partial charge is 0.391 e. The summed E-state index contributed by atoms with van der Waals surface area (Å²) in [4.78, 5) is 6.50. The molecule has 0 bridgehead atoms. The van der Waals surface area contributed by atoms with Gasteiger partial charge in [0.05, 0.1) is 30.4 Å². The molecule has 1 saturated heterocycles. The molecule has 1 aromatic carbocycles. The van der Waals surface area contributed by atoms with Crippen LogP contribution in [0.5, 0.6) is 0 Å². The van der Waals surface area contributed by atoms with E-state index >= 15 is 0 Å². The molecule has 4 nitrogen and oxygen atoms in total. The molecule has 2 aliphatic heterocycles. The molecule has 20 heavy (non-hydrogen) atoms. The average Bonchev–Trinajstić information content (AvgIpc) is 3.00. The van der Waals surface area contributed by atoms with Crippen LogP contribution in [-0.4, -0.2) is 45.8 Å². The second-order valence-corrected chi connectivity index (χ2v) is 6.00. The van der Waals surface area contributed by atoms with Crippen LogP contribution in [0.25, 0.3) is 11.3 Å². The number of fused-ring (bicyclic) bond motifs is 3. The molecule has 1 aromatic heterocycles. The molecule has 4 rings (SSSR count). The quantitative estimate of drug-likeness (QED) is 0.858. The van der Waals surface area contributed by atoms with E-state index in [0.717, 1.165) is 19.5 Å². The van der Waals surface area contributed by atoms with Crippen molar-refractivity contribution in [2.75, 3.05) is 20.1 Å². The zero-order chi connectivity index (χ0) is 13.7. The lowest BCUT2D eigenvalue weighted by Gasteiger charge is -2.37. The van der Waals surface area contributed by atoms with Gasteiger partial charge in [-0.2, -0.15) is 0 Å². The van der Waals surface area contributed by atoms with Crippen LogP contribution in [-0.2, 0) is 0 Å². The van der Waals surface area contributed by atoms with Gasteiger partial charge in [-0.25, -0.2) is 4.98 Å². The summed E-state index contributed by atoms with van der Waals surface area (Å²) in [5, 5.41) is 10.5. The lowest BCUT2D eigenvalue weighted by molar-refractivity contribution is 0.0166. The van der Waals surface area contributed by atoms with Crippen LogP contribution < -0.4 is 0 Å². The summed E-state index contributed by atoms with van der Waals surface area (Å²) in [6, 6.07) is 8.74. The lowest BCUT2D eigenvalue weighted by atomic mass is 9.83. The third-order valence-electron chi connectivity index (χ3n) is 4.76. The summed E-state index contributed by atoms with van der Waals surface area (Å²) < 4.78 is 2.24. The van der Waals surface area contributed by atoms with Crippen molar-refractivity contribution >= 4 is 0 Å². The fourth-order valence-corrected chi connectivity index (χ4v) is 3.79. The van der Waals surface area contributed by atoms with Crippen LogP contribution in [0.2, 0.25) is 0 Å². The molecule has 0 spiro atoms. The van der Waals surface area contributed by atoms with E-state index in [9.17, 15) is 5.11 Å². The normalized spacial score (nSPS) is 29.2. The molecule has 3 heterocycles. The van der Waals surface area contributed by atoms with Crippen LogP contribution in [0, 0.1) is 5.92 Å². The second kappa shape index (κ2) is 4.43. The fraction of sp³-hybridized carbons (Fsp3) is 0.438. The maximum Gasteiger partial charge on any atom is 0.0956 e. The van der Waals surface area contributed by atoms with Gasteiger partial charge >= 0.3 is 0 Å². The predicted octanol–water partition coefficient (Wildman–Crippen LogP) is 1.77. The summed E-state index contributed by atoms with van der Waals surface area (Å²) >= 11 is 0. The predicted molar refractivity (Wildman–Crippen MR) is 77.4 cm³/mol. The van der Waals surface area contributed by atoms with Crippen molar-refractivity contribution in [3.05, 3.63) is 42.4 Å². The lowest BCUT2D eigenvalue weighted by Crippen LogP contribution is -2.44. The number of benzene rings is 1. The maximum atomic E-state index is 10.5. The summed E-state index contributed by atoms with van der Waals surface area (Å²) in [7, 11) is 2.07. The Hall–Kier alpha value is -1.65. The van der Waals surface area contributed by atoms with Gasteiger partial charge < -0.3 is 14.6 Å². The number of aliphatic hydroxyl groups excluding tert-OH is 1. The van der Waals surface area contributed by atoms with Crippen LogP contribution in [0.3, 0.4) is 0 Å². The van der Waals surface area contributed by atoms with Crippen molar-refractivity contribution in [3.63, 3.8) is 0 Å². The smallest absolute Gasteiger partial charge is 0.0956 e. The van der Waals surface area contributed by atoms with Crippen molar-refractivity contribution in [3.8, 4) is 11.3 Å². The van der Waals surface area contributed by atoms with Gasteiger partial charge in [-0.05, 0) is 25.6 Å². The number of imidazole rings is 1. The molecule has 0 radical (unpaired) electrons. The van der Waals surface area contributed by atoms with Crippen LogP contribution in [0.15, 0.2) is 36.8 Å². The number of likely N-dealkylation sites (N-methyl/N-ethyl adjacent to an activating group) is 1. The number of aromatic nitrogens is 2. The molecular formula is C16H19N3O. The first-order valence-corrected chi connectivity index (χ1v) is 7.23. The second-order valence-electron chi connectivity index (χ2n) is 6.00. The standard InChI is InChI=1S/C16H19N3O/c1-18-7-6-13(15(20)9-18)16-12-5-3-2-4-11(12)14-8-17-10-19(14)16/h2-5,8,10,13,15-16,20H,6-7,9H2,1H3/t13-,15-,16?/m1/s1. The summed E-state index contributed by atoms with van der Waals surface area (Å²) in [6.45, 7) is 1.80. The average molecular weight is 269 g/mol. The van der Waals surface area contributed by atoms with Gasteiger partial charge in [0, 0.05) is 18.0 Å². The first kappa shape index (κ1) is 12.1. The van der Waals surface area contributed by atoms with Crippen molar-refractivity contribution in [1.82, 2.24) is 14.5 Å². The van der Waals surface area contributed by atoms with Crippen molar-refractivity contribution < 1.29 is 5.11 Å². The van der Waals surface area contributed by atoms with E-state index in [2.05, 4.69) is 45.8 Å². The number of hydrogen-bond acceptors (Lipinski definition) is 3. The van der Waals surface area contributed by atoms with Gasteiger partial charge in [0.1, 0.15) is 0 Å². The number of hydrogen-bond donors (Lipinski definition) is 1. The van der Waals surface area contributed by atoms with Gasteiger partial charge in [-0.15, -0.1) is 0 Å². The highest BCUT2D eigenvalue weighted by molar-refractivity contribution is 5.69. The Morgan fingerprint density at radius 1 is 1.30 bits per heavy atom. The molecule has 1 fully saturated rings. The molecule has 1 N–H and O–H groups in total. The molecule has 0 aliphatic carbocycles. The number of nitrogens with zero attached hydrogens (tertiary/aromatic N) is 3. The molecular weight excluding hydrogens is 250 g/mol. The van der Waals surface area contributed by atoms with Gasteiger partial charge in [0.25, 0.3) is 0 Å². The number of rotatable bonds is 1. The number of β-amino-alcohol motifs (C(OH)–C–C–N with tert-alkyl or cyclic N) is 1. The highest BCUT2D eigenvalue weighted by Crippen LogP contribution is 2.45. The Morgan fingerprint density at radius 3 is 3.00 bits per heavy atom. The van der Waals surface area contributed by atoms with Gasteiger partial charge in [-0.3, -0.25) is 0 Å². The molecule has 2 aliphatic rings. The Labute approximate surface area is 118 Å². The van der Waals surface area contributed by atoms with Gasteiger partial charge in [0.2, 0.25) is 0 Å². The minimum absolute atomic E-state index is 0.229. The third-order valence-corrected chi connectivity index (χ3v) is 4.76. The number of likely N-dealkylation sites (tertiary alicyclic amines) is 1. The minimum atomic E-state index is -0.278. The van der Waals surface area contributed by atoms with E-state index in [-0.39, 0.29) is 18.1 Å². The van der Waals surface area contributed by atoms with Crippen molar-refractivity contribution in [2.24, 2.45) is 5.92 Å². The highest BCUT2D eigenvalue weighted by atomic mass is 16.3. The van der Waals surface area contributed by atoms with Crippen LogP contribution in [0.4, 0.5) is 0 Å². The fourth-order valence-electron chi connectivity index (χ4n) is 3.79. The van der Waals surface area contributed by atoms with E-state index in [1.807, 2.05) is 12.5 Å². The molecule has 2 aromatic rings. The monoisotopic (exact) mass is 269 g/mol.